The summed E-state index contributed by atoms with van der Waals surface area (Å²) < 4.78 is 3.44. The predicted octanol–water partition coefficient (Wildman–Crippen LogP) is 2.80. The van der Waals surface area contributed by atoms with Gasteiger partial charge in [-0.25, -0.2) is 0 Å². The Bertz CT molecular complexity index is 773. The van der Waals surface area contributed by atoms with Crippen LogP contribution in [0.25, 0.3) is 11.4 Å². The van der Waals surface area contributed by atoms with E-state index in [2.05, 4.69) is 10.2 Å². The van der Waals surface area contributed by atoms with E-state index >= 15 is 0 Å². The number of aldehydes is 1. The van der Waals surface area contributed by atoms with Crippen molar-refractivity contribution in [1.29, 1.82) is 0 Å². The summed E-state index contributed by atoms with van der Waals surface area (Å²) in [7, 11) is 1.82. The maximum absolute atomic E-state index is 11.2. The lowest BCUT2D eigenvalue weighted by Crippen LogP contribution is -2.01. The second-order valence-electron chi connectivity index (χ2n) is 4.71. The lowest BCUT2D eigenvalue weighted by Gasteiger charge is -2.02. The lowest BCUT2D eigenvalue weighted by atomic mass is 10.2. The van der Waals surface area contributed by atoms with Gasteiger partial charge >= 0.3 is 0 Å². The average Bonchev–Trinajstić information content (AvgIpc) is 3.07. The van der Waals surface area contributed by atoms with Crippen molar-refractivity contribution < 1.29 is 4.79 Å². The second kappa shape index (κ2) is 5.54. The molecule has 2 aromatic heterocycles. The highest BCUT2D eigenvalue weighted by Gasteiger charge is 2.13. The SMILES string of the molecule is Cn1nccc1-c1nn(Cc2ccc(Cl)cc2)cc1C=O. The third-order valence-corrected chi connectivity index (χ3v) is 3.49. The van der Waals surface area contributed by atoms with Gasteiger partial charge in [0.2, 0.25) is 0 Å². The zero-order chi connectivity index (χ0) is 14.8. The largest absolute Gasteiger partial charge is 0.298 e. The lowest BCUT2D eigenvalue weighted by molar-refractivity contribution is 0.112. The molecule has 21 heavy (non-hydrogen) atoms. The summed E-state index contributed by atoms with van der Waals surface area (Å²) in [5.41, 5.74) is 3.06. The van der Waals surface area contributed by atoms with E-state index in [-0.39, 0.29) is 0 Å². The van der Waals surface area contributed by atoms with Gasteiger partial charge in [-0.15, -0.1) is 0 Å². The molecule has 2 heterocycles. The van der Waals surface area contributed by atoms with E-state index in [1.54, 1.807) is 21.8 Å². The number of nitrogens with zero attached hydrogens (tertiary/aromatic N) is 4. The van der Waals surface area contributed by atoms with Crippen molar-refractivity contribution >= 4 is 17.9 Å². The summed E-state index contributed by atoms with van der Waals surface area (Å²) >= 11 is 5.87. The molecule has 0 N–H and O–H groups in total. The van der Waals surface area contributed by atoms with Crippen molar-refractivity contribution in [2.45, 2.75) is 6.54 Å². The first-order valence-corrected chi connectivity index (χ1v) is 6.80. The number of rotatable bonds is 4. The van der Waals surface area contributed by atoms with Crippen LogP contribution in [-0.2, 0) is 13.6 Å². The molecule has 0 aliphatic rings. The topological polar surface area (TPSA) is 52.7 Å². The molecule has 0 aliphatic heterocycles. The van der Waals surface area contributed by atoms with E-state index in [0.29, 0.717) is 22.8 Å². The van der Waals surface area contributed by atoms with Crippen LogP contribution in [0, 0.1) is 0 Å². The third kappa shape index (κ3) is 2.73. The molecule has 0 aliphatic carbocycles. The quantitative estimate of drug-likeness (QED) is 0.696. The molecule has 3 aromatic rings. The van der Waals surface area contributed by atoms with Crippen LogP contribution >= 0.6 is 11.6 Å². The number of benzene rings is 1. The molecule has 0 atom stereocenters. The summed E-state index contributed by atoms with van der Waals surface area (Å²) in [4.78, 5) is 11.2. The first-order valence-electron chi connectivity index (χ1n) is 6.43. The number of aryl methyl sites for hydroxylation is 1. The number of hydrogen-bond acceptors (Lipinski definition) is 3. The van der Waals surface area contributed by atoms with E-state index in [1.165, 1.54) is 0 Å². The van der Waals surface area contributed by atoms with E-state index in [0.717, 1.165) is 17.5 Å². The van der Waals surface area contributed by atoms with Crippen LogP contribution in [-0.4, -0.2) is 25.8 Å². The highest BCUT2D eigenvalue weighted by Crippen LogP contribution is 2.20. The fourth-order valence-corrected chi connectivity index (χ4v) is 2.31. The Morgan fingerprint density at radius 1 is 1.24 bits per heavy atom. The molecule has 106 valence electrons. The maximum atomic E-state index is 11.2. The number of aromatic nitrogens is 4. The van der Waals surface area contributed by atoms with Crippen LogP contribution in [0.2, 0.25) is 5.02 Å². The van der Waals surface area contributed by atoms with Crippen molar-refractivity contribution in [3.05, 3.63) is 58.9 Å². The Morgan fingerprint density at radius 3 is 2.62 bits per heavy atom. The number of hydrogen-bond donors (Lipinski definition) is 0. The van der Waals surface area contributed by atoms with Gasteiger partial charge in [0.25, 0.3) is 0 Å². The fourth-order valence-electron chi connectivity index (χ4n) is 2.19. The molecule has 0 saturated heterocycles. The van der Waals surface area contributed by atoms with Crippen LogP contribution in [0.5, 0.6) is 0 Å². The molecule has 0 saturated carbocycles. The van der Waals surface area contributed by atoms with Crippen molar-refractivity contribution in [1.82, 2.24) is 19.6 Å². The smallest absolute Gasteiger partial charge is 0.153 e. The first-order chi connectivity index (χ1) is 10.2. The Kier molecular flexibility index (Phi) is 3.58. The molecular weight excluding hydrogens is 288 g/mol. The van der Waals surface area contributed by atoms with E-state index < -0.39 is 0 Å². The molecule has 0 bridgehead atoms. The standard InChI is InChI=1S/C15H13ClN4O/c1-19-14(6-7-17-19)15-12(10-21)9-20(18-15)8-11-2-4-13(16)5-3-11/h2-7,9-10H,8H2,1H3. The van der Waals surface area contributed by atoms with Crippen molar-refractivity contribution in [2.24, 2.45) is 7.05 Å². The van der Waals surface area contributed by atoms with Crippen LogP contribution < -0.4 is 0 Å². The van der Waals surface area contributed by atoms with Crippen LogP contribution in [0.15, 0.2) is 42.7 Å². The van der Waals surface area contributed by atoms with E-state index in [4.69, 9.17) is 11.6 Å². The van der Waals surface area contributed by atoms with Crippen molar-refractivity contribution in [2.75, 3.05) is 0 Å². The van der Waals surface area contributed by atoms with E-state index in [1.807, 2.05) is 37.4 Å². The number of carbonyl (C=O) groups is 1. The summed E-state index contributed by atoms with van der Waals surface area (Å²) in [6.45, 7) is 0.579. The minimum absolute atomic E-state index is 0.549. The maximum Gasteiger partial charge on any atom is 0.153 e. The molecule has 0 amide bonds. The van der Waals surface area contributed by atoms with Gasteiger partial charge in [0.15, 0.2) is 6.29 Å². The molecule has 0 unspecified atom stereocenters. The Morgan fingerprint density at radius 2 is 2.00 bits per heavy atom. The minimum atomic E-state index is 0.549. The van der Waals surface area contributed by atoms with Crippen LogP contribution in [0.4, 0.5) is 0 Å². The summed E-state index contributed by atoms with van der Waals surface area (Å²) in [6, 6.07) is 9.39. The average molecular weight is 301 g/mol. The Hall–Kier alpha value is -2.40. The molecule has 0 radical (unpaired) electrons. The van der Waals surface area contributed by atoms with E-state index in [9.17, 15) is 4.79 Å². The normalized spacial score (nSPS) is 10.8. The summed E-state index contributed by atoms with van der Waals surface area (Å²) in [6.07, 6.45) is 4.24. The van der Waals surface area contributed by atoms with Gasteiger partial charge in [-0.1, -0.05) is 23.7 Å². The van der Waals surface area contributed by atoms with Gasteiger partial charge in [0.05, 0.1) is 17.8 Å². The molecule has 6 heteroatoms. The highest BCUT2D eigenvalue weighted by molar-refractivity contribution is 6.30. The monoisotopic (exact) mass is 300 g/mol. The van der Waals surface area contributed by atoms with Gasteiger partial charge in [0.1, 0.15) is 5.69 Å². The van der Waals surface area contributed by atoms with Crippen LogP contribution in [0.3, 0.4) is 0 Å². The molecule has 0 spiro atoms. The molecule has 3 rings (SSSR count). The van der Waals surface area contributed by atoms with Gasteiger partial charge in [-0.05, 0) is 23.8 Å². The zero-order valence-electron chi connectivity index (χ0n) is 11.4. The molecule has 1 aromatic carbocycles. The fraction of sp³-hybridized carbons (Fsp3) is 0.133. The molecule has 0 fully saturated rings. The van der Waals surface area contributed by atoms with Gasteiger partial charge in [-0.2, -0.15) is 10.2 Å². The zero-order valence-corrected chi connectivity index (χ0v) is 12.2. The minimum Gasteiger partial charge on any atom is -0.298 e. The van der Waals surface area contributed by atoms with Gasteiger partial charge < -0.3 is 0 Å². The predicted molar refractivity (Wildman–Crippen MR) is 80.4 cm³/mol. The second-order valence-corrected chi connectivity index (χ2v) is 5.15. The molecular formula is C15H13ClN4O. The summed E-state index contributed by atoms with van der Waals surface area (Å²) in [5, 5.41) is 9.30. The van der Waals surface area contributed by atoms with Crippen molar-refractivity contribution in [3.63, 3.8) is 0 Å². The summed E-state index contributed by atoms with van der Waals surface area (Å²) in [5.74, 6) is 0. The van der Waals surface area contributed by atoms with Gasteiger partial charge in [-0.3, -0.25) is 14.2 Å². The molecule has 5 nitrogen and oxygen atoms in total. The first kappa shape index (κ1) is 13.6. The Labute approximate surface area is 126 Å². The van der Waals surface area contributed by atoms with Crippen LogP contribution in [0.1, 0.15) is 15.9 Å². The number of halogens is 1. The third-order valence-electron chi connectivity index (χ3n) is 3.24. The van der Waals surface area contributed by atoms with Gasteiger partial charge in [0, 0.05) is 24.5 Å². The van der Waals surface area contributed by atoms with Crippen molar-refractivity contribution in [3.8, 4) is 11.4 Å². The number of carbonyl (C=O) groups excluding carboxylic acids is 1. The highest BCUT2D eigenvalue weighted by atomic mass is 35.5. The Balaban J connectivity index is 1.94.